The van der Waals surface area contributed by atoms with Crippen LogP contribution >= 0.6 is 0 Å². The second-order valence-electron chi connectivity index (χ2n) is 4.64. The van der Waals surface area contributed by atoms with E-state index in [0.29, 0.717) is 0 Å². The Morgan fingerprint density at radius 1 is 1.36 bits per heavy atom. The van der Waals surface area contributed by atoms with Gasteiger partial charge in [-0.1, -0.05) is 6.58 Å². The third-order valence-electron chi connectivity index (χ3n) is 2.08. The number of aliphatic imine (C=N–C) groups is 1. The van der Waals surface area contributed by atoms with Gasteiger partial charge >= 0.3 is 0 Å². The van der Waals surface area contributed by atoms with Crippen LogP contribution in [0.1, 0.15) is 20.8 Å². The lowest BCUT2D eigenvalue weighted by Crippen LogP contribution is -2.38. The van der Waals surface area contributed by atoms with Gasteiger partial charge in [0.25, 0.3) is 0 Å². The van der Waals surface area contributed by atoms with E-state index in [9.17, 15) is 0 Å². The van der Waals surface area contributed by atoms with Gasteiger partial charge in [0.1, 0.15) is 11.7 Å². The minimum absolute atomic E-state index is 0.0366. The summed E-state index contributed by atoms with van der Waals surface area (Å²) in [6.07, 6.45) is 4.03. The quantitative estimate of drug-likeness (QED) is 0.586. The van der Waals surface area contributed by atoms with Gasteiger partial charge in [-0.2, -0.15) is 0 Å². The lowest BCUT2D eigenvalue weighted by Gasteiger charge is -2.36. The molecule has 3 nitrogen and oxygen atoms in total. The summed E-state index contributed by atoms with van der Waals surface area (Å²) in [5, 5.41) is 0. The largest absolute Gasteiger partial charge is 0.363 e. The summed E-state index contributed by atoms with van der Waals surface area (Å²) >= 11 is 0. The fraction of sp³-hybridized carbons (Fsp3) is 0.545. The fourth-order valence-corrected chi connectivity index (χ4v) is 1.31. The number of amidine groups is 1. The smallest absolute Gasteiger partial charge is 0.131 e. The Balaban J connectivity index is 2.87. The second kappa shape index (κ2) is 3.48. The molecule has 0 radical (unpaired) electrons. The molecule has 0 aromatic rings. The summed E-state index contributed by atoms with van der Waals surface area (Å²) in [5.74, 6) is 1.74. The van der Waals surface area contributed by atoms with Crippen LogP contribution in [0.4, 0.5) is 0 Å². The van der Waals surface area contributed by atoms with Crippen LogP contribution in [-0.4, -0.2) is 35.3 Å². The van der Waals surface area contributed by atoms with Gasteiger partial charge in [-0.15, -0.1) is 0 Å². The first-order valence-electron chi connectivity index (χ1n) is 4.75. The molecule has 14 heavy (non-hydrogen) atoms. The molecule has 0 saturated heterocycles. The summed E-state index contributed by atoms with van der Waals surface area (Å²) < 4.78 is 0. The molecule has 1 aliphatic rings. The van der Waals surface area contributed by atoms with Gasteiger partial charge in [0.2, 0.25) is 0 Å². The Labute approximate surface area is 86.4 Å². The molecule has 1 aliphatic heterocycles. The summed E-state index contributed by atoms with van der Waals surface area (Å²) in [4.78, 5) is 8.46. The Kier molecular flexibility index (Phi) is 2.69. The second-order valence-corrected chi connectivity index (χ2v) is 4.64. The summed E-state index contributed by atoms with van der Waals surface area (Å²) in [6, 6.07) is 0. The highest BCUT2D eigenvalue weighted by Crippen LogP contribution is 2.22. The van der Waals surface area contributed by atoms with Crippen molar-refractivity contribution in [2.45, 2.75) is 26.3 Å². The molecule has 0 unspecified atom stereocenters. The van der Waals surface area contributed by atoms with Crippen molar-refractivity contribution in [2.24, 2.45) is 4.99 Å². The number of hydrogen-bond donors (Lipinski definition) is 0. The normalized spacial score (nSPS) is 17.1. The molecule has 1 heterocycles. The van der Waals surface area contributed by atoms with E-state index >= 15 is 0 Å². The van der Waals surface area contributed by atoms with Crippen molar-refractivity contribution in [1.29, 1.82) is 0 Å². The molecule has 3 heteroatoms. The maximum absolute atomic E-state index is 4.42. The Morgan fingerprint density at radius 2 is 1.93 bits per heavy atom. The average molecular weight is 193 g/mol. The Morgan fingerprint density at radius 3 is 2.29 bits per heavy atom. The summed E-state index contributed by atoms with van der Waals surface area (Å²) in [5.41, 5.74) is 0.0366. The molecular weight excluding hydrogens is 174 g/mol. The molecular formula is C11H19N3. The number of rotatable bonds is 0. The van der Waals surface area contributed by atoms with E-state index in [2.05, 4.69) is 37.2 Å². The van der Waals surface area contributed by atoms with Gasteiger partial charge in [-0.05, 0) is 26.8 Å². The van der Waals surface area contributed by atoms with Gasteiger partial charge < -0.3 is 9.80 Å². The van der Waals surface area contributed by atoms with Crippen LogP contribution < -0.4 is 0 Å². The van der Waals surface area contributed by atoms with Crippen LogP contribution in [0.3, 0.4) is 0 Å². The van der Waals surface area contributed by atoms with Crippen molar-refractivity contribution >= 4 is 5.84 Å². The molecule has 1 rings (SSSR count). The predicted molar refractivity (Wildman–Crippen MR) is 61.0 cm³/mol. The van der Waals surface area contributed by atoms with Crippen molar-refractivity contribution in [1.82, 2.24) is 9.80 Å². The lowest BCUT2D eigenvalue weighted by atomic mass is 10.1. The van der Waals surface area contributed by atoms with E-state index in [-0.39, 0.29) is 5.54 Å². The zero-order chi connectivity index (χ0) is 10.9. The third-order valence-corrected chi connectivity index (χ3v) is 2.08. The van der Waals surface area contributed by atoms with E-state index in [1.807, 2.05) is 31.3 Å². The van der Waals surface area contributed by atoms with Crippen LogP contribution in [0, 0.1) is 0 Å². The standard InChI is InChI=1S/C11H19N3/c1-9-12-10(13(5)6)7-8-14(9)11(2,3)4/h7-8H,1H2,2-6H3. The molecule has 0 atom stereocenters. The van der Waals surface area contributed by atoms with Crippen LogP contribution in [0.2, 0.25) is 0 Å². The molecule has 0 aromatic carbocycles. The highest BCUT2D eigenvalue weighted by molar-refractivity contribution is 5.93. The Bertz CT molecular complexity index is 292. The van der Waals surface area contributed by atoms with Crippen molar-refractivity contribution < 1.29 is 0 Å². The zero-order valence-electron chi connectivity index (χ0n) is 9.70. The van der Waals surface area contributed by atoms with E-state index in [0.717, 1.165) is 11.7 Å². The fourth-order valence-electron chi connectivity index (χ4n) is 1.31. The molecule has 0 N–H and O–H groups in total. The van der Waals surface area contributed by atoms with Crippen LogP contribution in [0.15, 0.2) is 29.7 Å². The van der Waals surface area contributed by atoms with Crippen molar-refractivity contribution in [2.75, 3.05) is 14.1 Å². The molecule has 0 aromatic heterocycles. The Hall–Kier alpha value is -1.25. The van der Waals surface area contributed by atoms with Crippen LogP contribution in [0.25, 0.3) is 0 Å². The van der Waals surface area contributed by atoms with Gasteiger partial charge in [0.05, 0.1) is 0 Å². The topological polar surface area (TPSA) is 18.8 Å². The molecule has 0 fully saturated rings. The first kappa shape index (κ1) is 10.8. The van der Waals surface area contributed by atoms with E-state index in [1.165, 1.54) is 0 Å². The molecule has 78 valence electrons. The number of nitrogens with zero attached hydrogens (tertiary/aromatic N) is 3. The van der Waals surface area contributed by atoms with Crippen molar-refractivity contribution in [3.8, 4) is 0 Å². The monoisotopic (exact) mass is 193 g/mol. The maximum Gasteiger partial charge on any atom is 0.131 e. The molecule has 0 amide bonds. The molecule has 0 saturated carbocycles. The van der Waals surface area contributed by atoms with Crippen LogP contribution in [0.5, 0.6) is 0 Å². The van der Waals surface area contributed by atoms with E-state index < -0.39 is 0 Å². The first-order chi connectivity index (χ1) is 6.32. The van der Waals surface area contributed by atoms with Gasteiger partial charge in [-0.3, -0.25) is 0 Å². The van der Waals surface area contributed by atoms with Gasteiger partial charge in [0, 0.05) is 25.8 Å². The predicted octanol–water partition coefficient (Wildman–Crippen LogP) is 2.05. The maximum atomic E-state index is 4.42. The third kappa shape index (κ3) is 2.16. The number of likely N-dealkylation sites (N-methyl/N-ethyl adjacent to an activating group) is 1. The zero-order valence-corrected chi connectivity index (χ0v) is 9.70. The highest BCUT2D eigenvalue weighted by Gasteiger charge is 2.22. The number of hydrogen-bond acceptors (Lipinski definition) is 3. The summed E-state index contributed by atoms with van der Waals surface area (Å²) in [7, 11) is 3.95. The molecule has 0 spiro atoms. The molecule has 0 aliphatic carbocycles. The van der Waals surface area contributed by atoms with Crippen LogP contribution in [-0.2, 0) is 0 Å². The molecule has 0 bridgehead atoms. The van der Waals surface area contributed by atoms with Crippen molar-refractivity contribution in [3.63, 3.8) is 0 Å². The van der Waals surface area contributed by atoms with E-state index in [1.54, 1.807) is 0 Å². The minimum atomic E-state index is 0.0366. The van der Waals surface area contributed by atoms with Gasteiger partial charge in [-0.25, -0.2) is 4.99 Å². The minimum Gasteiger partial charge on any atom is -0.363 e. The summed E-state index contributed by atoms with van der Waals surface area (Å²) in [6.45, 7) is 10.4. The van der Waals surface area contributed by atoms with Gasteiger partial charge in [0.15, 0.2) is 0 Å². The lowest BCUT2D eigenvalue weighted by molar-refractivity contribution is 0.254. The SMILES string of the molecule is C=C1N=C(N(C)C)C=CN1C(C)(C)C. The average Bonchev–Trinajstić information content (AvgIpc) is 2.01. The van der Waals surface area contributed by atoms with Crippen molar-refractivity contribution in [3.05, 3.63) is 24.7 Å². The first-order valence-corrected chi connectivity index (χ1v) is 4.75. The highest BCUT2D eigenvalue weighted by atomic mass is 15.3. The van der Waals surface area contributed by atoms with E-state index in [4.69, 9.17) is 0 Å².